The quantitative estimate of drug-likeness (QED) is 0.583. The van der Waals surface area contributed by atoms with Crippen molar-refractivity contribution >= 4 is 10.9 Å². The molecule has 0 radical (unpaired) electrons. The Hall–Kier alpha value is -2.70. The summed E-state index contributed by atoms with van der Waals surface area (Å²) in [6.07, 6.45) is 0. The fourth-order valence-electron chi connectivity index (χ4n) is 4.35. The average Bonchev–Trinajstić information content (AvgIpc) is 2.74. The number of ether oxygens (including phenoxy) is 1. The highest BCUT2D eigenvalue weighted by Gasteiger charge is 2.29. The van der Waals surface area contributed by atoms with Gasteiger partial charge in [-0.3, -0.25) is 4.79 Å². The van der Waals surface area contributed by atoms with Crippen LogP contribution < -0.4 is 20.1 Å². The Morgan fingerprint density at radius 3 is 2.66 bits per heavy atom. The number of fused-ring (bicyclic) bond motifs is 1. The van der Waals surface area contributed by atoms with Crippen molar-refractivity contribution in [2.24, 2.45) is 0 Å². The van der Waals surface area contributed by atoms with Crippen molar-refractivity contribution in [3.63, 3.8) is 0 Å². The van der Waals surface area contributed by atoms with Gasteiger partial charge in [0.25, 0.3) is 5.56 Å². The van der Waals surface area contributed by atoms with E-state index in [1.807, 2.05) is 24.3 Å². The number of nitrogens with one attached hydrogen (secondary N) is 3. The summed E-state index contributed by atoms with van der Waals surface area (Å²) >= 11 is 0. The van der Waals surface area contributed by atoms with Gasteiger partial charge >= 0.3 is 0 Å². The average molecular weight is 395 g/mol. The summed E-state index contributed by atoms with van der Waals surface area (Å²) in [5.74, 6) is 1.76. The molecule has 6 heteroatoms. The molecule has 0 aliphatic carbocycles. The second kappa shape index (κ2) is 8.35. The summed E-state index contributed by atoms with van der Waals surface area (Å²) in [7, 11) is 1.74. The molecule has 0 unspecified atom stereocenters. The first kappa shape index (κ1) is 19.6. The van der Waals surface area contributed by atoms with Crippen molar-refractivity contribution in [2.75, 3.05) is 33.3 Å². The number of hydrogen-bond donors (Lipinski definition) is 3. The standard InChI is InChI=1S/C23H28N4O2/c1-16-8-9-21(29-3)18(14-16)15-26-10-12-27(13-11-26)17(2)22-24-20-7-5-4-6-19(20)23(28)25-22/h4-9,14,17H,10-13,15H2,1-3H3,(H,24,25,28)/p+2/t17-/m1/s1. The second-order valence-corrected chi connectivity index (χ2v) is 8.09. The van der Waals surface area contributed by atoms with E-state index in [-0.39, 0.29) is 11.6 Å². The number of aromatic nitrogens is 2. The Bertz CT molecular complexity index is 1050. The fourth-order valence-corrected chi connectivity index (χ4v) is 4.35. The number of nitrogens with zero attached hydrogens (tertiary/aromatic N) is 1. The number of para-hydroxylation sites is 1. The van der Waals surface area contributed by atoms with Crippen LogP contribution in [0.25, 0.3) is 10.9 Å². The van der Waals surface area contributed by atoms with E-state index in [0.29, 0.717) is 5.39 Å². The maximum atomic E-state index is 12.4. The Labute approximate surface area is 171 Å². The van der Waals surface area contributed by atoms with Crippen LogP contribution in [-0.2, 0) is 6.54 Å². The minimum Gasteiger partial charge on any atom is -0.496 e. The summed E-state index contributed by atoms with van der Waals surface area (Å²) in [5, 5.41) is 0.653. The van der Waals surface area contributed by atoms with Crippen LogP contribution in [-0.4, -0.2) is 43.3 Å². The number of quaternary nitrogens is 2. The van der Waals surface area contributed by atoms with Gasteiger partial charge < -0.3 is 19.5 Å². The minimum atomic E-state index is -0.0485. The number of H-pyrrole nitrogens is 1. The number of methoxy groups -OCH3 is 1. The summed E-state index contributed by atoms with van der Waals surface area (Å²) in [5.41, 5.74) is 3.27. The predicted octanol–water partition coefficient (Wildman–Crippen LogP) is 0.285. The zero-order chi connectivity index (χ0) is 20.4. The smallest absolute Gasteiger partial charge is 0.258 e. The molecule has 1 aliphatic heterocycles. The van der Waals surface area contributed by atoms with Crippen LogP contribution in [0.2, 0.25) is 0 Å². The van der Waals surface area contributed by atoms with Gasteiger partial charge in [-0.05, 0) is 38.1 Å². The topological polar surface area (TPSA) is 63.9 Å². The van der Waals surface area contributed by atoms with Crippen molar-refractivity contribution < 1.29 is 14.5 Å². The third kappa shape index (κ3) is 4.18. The predicted molar refractivity (Wildman–Crippen MR) is 114 cm³/mol. The Balaban J connectivity index is 1.43. The van der Waals surface area contributed by atoms with E-state index in [9.17, 15) is 4.79 Å². The van der Waals surface area contributed by atoms with Gasteiger partial charge in [0.2, 0.25) is 0 Å². The molecule has 4 rings (SSSR count). The number of aryl methyl sites for hydroxylation is 1. The minimum absolute atomic E-state index is 0.0485. The monoisotopic (exact) mass is 394 g/mol. The van der Waals surface area contributed by atoms with Crippen molar-refractivity contribution in [2.45, 2.75) is 26.4 Å². The first-order chi connectivity index (χ1) is 14.0. The van der Waals surface area contributed by atoms with Crippen LogP contribution in [0.3, 0.4) is 0 Å². The van der Waals surface area contributed by atoms with Gasteiger partial charge in [0.15, 0.2) is 5.82 Å². The highest BCUT2D eigenvalue weighted by atomic mass is 16.5. The lowest BCUT2D eigenvalue weighted by molar-refractivity contribution is -1.03. The second-order valence-electron chi connectivity index (χ2n) is 8.09. The van der Waals surface area contributed by atoms with E-state index in [0.717, 1.165) is 49.8 Å². The SMILES string of the molecule is COc1ccc(C)cc1C[NH+]1CC[NH+]([C@H](C)c2nc3ccccc3c(=O)[nH]2)CC1. The number of rotatable bonds is 5. The number of piperazine rings is 1. The lowest BCUT2D eigenvalue weighted by Crippen LogP contribution is -3.27. The molecule has 1 aromatic heterocycles. The molecule has 152 valence electrons. The number of hydrogen-bond acceptors (Lipinski definition) is 3. The molecule has 0 amide bonds. The zero-order valence-electron chi connectivity index (χ0n) is 17.4. The van der Waals surface area contributed by atoms with Gasteiger partial charge in [-0.1, -0.05) is 23.8 Å². The van der Waals surface area contributed by atoms with Crippen LogP contribution in [0.1, 0.15) is 29.9 Å². The first-order valence-electron chi connectivity index (χ1n) is 10.4. The van der Waals surface area contributed by atoms with Crippen molar-refractivity contribution in [3.05, 3.63) is 69.8 Å². The van der Waals surface area contributed by atoms with Crippen LogP contribution in [0.5, 0.6) is 5.75 Å². The van der Waals surface area contributed by atoms with Gasteiger partial charge in [0.1, 0.15) is 44.5 Å². The molecule has 1 aliphatic rings. The Morgan fingerprint density at radius 1 is 1.14 bits per heavy atom. The van der Waals surface area contributed by atoms with Gasteiger partial charge in [-0.15, -0.1) is 0 Å². The van der Waals surface area contributed by atoms with Crippen molar-refractivity contribution in [1.29, 1.82) is 0 Å². The molecule has 6 nitrogen and oxygen atoms in total. The van der Waals surface area contributed by atoms with Crippen LogP contribution in [0.4, 0.5) is 0 Å². The third-order valence-corrected chi connectivity index (χ3v) is 6.13. The Morgan fingerprint density at radius 2 is 1.90 bits per heavy atom. The summed E-state index contributed by atoms with van der Waals surface area (Å²) in [4.78, 5) is 23.2. The highest BCUT2D eigenvalue weighted by molar-refractivity contribution is 5.77. The van der Waals surface area contributed by atoms with E-state index in [1.165, 1.54) is 16.0 Å². The zero-order valence-corrected chi connectivity index (χ0v) is 17.4. The summed E-state index contributed by atoms with van der Waals surface area (Å²) in [6, 6.07) is 14.1. The summed E-state index contributed by atoms with van der Waals surface area (Å²) in [6.45, 7) is 9.57. The molecule has 1 saturated heterocycles. The molecule has 2 heterocycles. The molecule has 1 fully saturated rings. The number of aromatic amines is 1. The highest BCUT2D eigenvalue weighted by Crippen LogP contribution is 2.18. The molecule has 0 saturated carbocycles. The molecule has 2 aromatic carbocycles. The fraction of sp³-hybridized carbons (Fsp3) is 0.391. The van der Waals surface area contributed by atoms with Crippen LogP contribution in [0.15, 0.2) is 47.3 Å². The lowest BCUT2D eigenvalue weighted by Gasteiger charge is -2.33. The van der Waals surface area contributed by atoms with Crippen molar-refractivity contribution in [1.82, 2.24) is 9.97 Å². The molecular weight excluding hydrogens is 364 g/mol. The molecule has 3 aromatic rings. The van der Waals surface area contributed by atoms with Gasteiger partial charge in [-0.25, -0.2) is 4.98 Å². The van der Waals surface area contributed by atoms with Gasteiger partial charge in [-0.2, -0.15) is 0 Å². The van der Waals surface area contributed by atoms with Crippen LogP contribution >= 0.6 is 0 Å². The van der Waals surface area contributed by atoms with Gasteiger partial charge in [0.05, 0.1) is 18.0 Å². The third-order valence-electron chi connectivity index (χ3n) is 6.13. The van der Waals surface area contributed by atoms with E-state index in [2.05, 4.69) is 37.0 Å². The van der Waals surface area contributed by atoms with Crippen molar-refractivity contribution in [3.8, 4) is 5.75 Å². The number of benzene rings is 2. The normalized spacial score (nSPS) is 20.5. The molecule has 0 bridgehead atoms. The molecule has 0 spiro atoms. The lowest BCUT2D eigenvalue weighted by atomic mass is 10.1. The maximum Gasteiger partial charge on any atom is 0.258 e. The molecular formula is C23H30N4O2+2. The van der Waals surface area contributed by atoms with E-state index < -0.39 is 0 Å². The van der Waals surface area contributed by atoms with E-state index in [4.69, 9.17) is 9.72 Å². The maximum absolute atomic E-state index is 12.4. The first-order valence-corrected chi connectivity index (χ1v) is 10.4. The van der Waals surface area contributed by atoms with E-state index >= 15 is 0 Å². The molecule has 3 N–H and O–H groups in total. The molecule has 29 heavy (non-hydrogen) atoms. The molecule has 1 atom stereocenters. The summed E-state index contributed by atoms with van der Waals surface area (Å²) < 4.78 is 5.54. The van der Waals surface area contributed by atoms with Gasteiger partial charge in [0, 0.05) is 5.56 Å². The largest absolute Gasteiger partial charge is 0.496 e. The van der Waals surface area contributed by atoms with Crippen LogP contribution in [0, 0.1) is 6.92 Å². The Kier molecular flexibility index (Phi) is 5.65. The van der Waals surface area contributed by atoms with E-state index in [1.54, 1.807) is 12.0 Å².